The monoisotopic (exact) mass is 287 g/mol. The Kier molecular flexibility index (Phi) is 4.59. The molecule has 1 heterocycles. The number of rotatable bonds is 5. The number of nitrogens with one attached hydrogen (secondary N) is 1. The van der Waals surface area contributed by atoms with Crippen LogP contribution in [0.4, 0.5) is 17.3 Å². The van der Waals surface area contributed by atoms with Crippen LogP contribution in [0, 0.1) is 0 Å². The normalized spacial score (nSPS) is 10.6. The highest BCUT2D eigenvalue weighted by atomic mass is 16.5. The maximum Gasteiger partial charge on any atom is 0.145 e. The van der Waals surface area contributed by atoms with Gasteiger partial charge < -0.3 is 15.1 Å². The van der Waals surface area contributed by atoms with Crippen molar-refractivity contribution in [3.8, 4) is 5.75 Å². The molecule has 3 N–H and O–H groups in total. The van der Waals surface area contributed by atoms with Gasteiger partial charge in [-0.2, -0.15) is 0 Å². The molecule has 0 aliphatic heterocycles. The fraction of sp³-hybridized carbons (Fsp3) is 0.333. The van der Waals surface area contributed by atoms with E-state index in [1.165, 1.54) is 0 Å². The molecule has 0 unspecified atom stereocenters. The predicted octanol–water partition coefficient (Wildman–Crippen LogP) is 2.66. The smallest absolute Gasteiger partial charge is 0.145 e. The average molecular weight is 287 g/mol. The van der Waals surface area contributed by atoms with Crippen molar-refractivity contribution in [1.29, 1.82) is 0 Å². The third kappa shape index (κ3) is 3.41. The second kappa shape index (κ2) is 6.41. The van der Waals surface area contributed by atoms with Crippen LogP contribution in [-0.2, 0) is 0 Å². The number of hydrazine groups is 1. The third-order valence-corrected chi connectivity index (χ3v) is 3.20. The molecule has 0 saturated carbocycles. The van der Waals surface area contributed by atoms with Gasteiger partial charge in [0, 0.05) is 24.7 Å². The van der Waals surface area contributed by atoms with E-state index in [2.05, 4.69) is 15.4 Å². The second-order valence-corrected chi connectivity index (χ2v) is 5.03. The molecule has 0 amide bonds. The Balaban J connectivity index is 2.36. The minimum absolute atomic E-state index is 0.223. The lowest BCUT2D eigenvalue weighted by atomic mass is 10.2. The number of nitrogens with zero attached hydrogens (tertiary/aromatic N) is 3. The number of ether oxygens (including phenoxy) is 1. The summed E-state index contributed by atoms with van der Waals surface area (Å²) in [5, 5.41) is 0. The highest BCUT2D eigenvalue weighted by Crippen LogP contribution is 2.26. The van der Waals surface area contributed by atoms with Gasteiger partial charge in [0.15, 0.2) is 0 Å². The van der Waals surface area contributed by atoms with Crippen molar-refractivity contribution >= 4 is 17.3 Å². The molecule has 0 atom stereocenters. The minimum atomic E-state index is 0.223. The van der Waals surface area contributed by atoms with Gasteiger partial charge in [-0.1, -0.05) is 13.8 Å². The summed E-state index contributed by atoms with van der Waals surface area (Å²) in [7, 11) is 3.60. The zero-order valence-electron chi connectivity index (χ0n) is 12.8. The summed E-state index contributed by atoms with van der Waals surface area (Å²) < 4.78 is 5.17. The van der Waals surface area contributed by atoms with E-state index >= 15 is 0 Å². The molecule has 0 radical (unpaired) electrons. The van der Waals surface area contributed by atoms with Crippen molar-refractivity contribution in [3.63, 3.8) is 0 Å². The van der Waals surface area contributed by atoms with Crippen molar-refractivity contribution < 1.29 is 4.74 Å². The van der Waals surface area contributed by atoms with Gasteiger partial charge in [-0.3, -0.25) is 0 Å². The van der Waals surface area contributed by atoms with Crippen LogP contribution in [0.1, 0.15) is 25.6 Å². The van der Waals surface area contributed by atoms with E-state index in [0.717, 1.165) is 23.1 Å². The molecule has 0 aliphatic rings. The van der Waals surface area contributed by atoms with Crippen LogP contribution in [0.15, 0.2) is 30.3 Å². The summed E-state index contributed by atoms with van der Waals surface area (Å²) in [5.74, 6) is 8.67. The van der Waals surface area contributed by atoms with Gasteiger partial charge in [-0.25, -0.2) is 15.8 Å². The Bertz CT molecular complexity index is 598. The molecule has 6 nitrogen and oxygen atoms in total. The van der Waals surface area contributed by atoms with E-state index in [1.54, 1.807) is 7.11 Å². The molecule has 0 saturated heterocycles. The van der Waals surface area contributed by atoms with Crippen LogP contribution in [0.3, 0.4) is 0 Å². The van der Waals surface area contributed by atoms with E-state index < -0.39 is 0 Å². The van der Waals surface area contributed by atoms with Crippen molar-refractivity contribution in [1.82, 2.24) is 9.97 Å². The van der Waals surface area contributed by atoms with Gasteiger partial charge >= 0.3 is 0 Å². The third-order valence-electron chi connectivity index (χ3n) is 3.20. The van der Waals surface area contributed by atoms with Crippen molar-refractivity contribution in [2.24, 2.45) is 5.84 Å². The van der Waals surface area contributed by atoms with E-state index in [0.29, 0.717) is 5.82 Å². The molecule has 0 spiro atoms. The molecule has 21 heavy (non-hydrogen) atoms. The molecule has 6 heteroatoms. The van der Waals surface area contributed by atoms with Crippen LogP contribution in [-0.4, -0.2) is 24.1 Å². The van der Waals surface area contributed by atoms with Crippen molar-refractivity contribution in [3.05, 3.63) is 36.2 Å². The molecule has 2 rings (SSSR count). The molecule has 1 aromatic carbocycles. The number of methoxy groups -OCH3 is 1. The number of aromatic nitrogens is 2. The maximum absolute atomic E-state index is 5.49. The number of nitrogens with two attached hydrogens (primary N) is 1. The van der Waals surface area contributed by atoms with Crippen molar-refractivity contribution in [2.45, 2.75) is 19.8 Å². The van der Waals surface area contributed by atoms with Crippen LogP contribution in [0.25, 0.3) is 0 Å². The largest absolute Gasteiger partial charge is 0.497 e. The lowest BCUT2D eigenvalue weighted by Crippen LogP contribution is -2.16. The fourth-order valence-corrected chi connectivity index (χ4v) is 1.89. The zero-order valence-corrected chi connectivity index (χ0v) is 12.8. The second-order valence-electron chi connectivity index (χ2n) is 5.03. The lowest BCUT2D eigenvalue weighted by Gasteiger charge is -2.20. The van der Waals surface area contributed by atoms with Gasteiger partial charge in [0.1, 0.15) is 23.2 Å². The number of hydrogen-bond acceptors (Lipinski definition) is 6. The topological polar surface area (TPSA) is 76.3 Å². The first kappa shape index (κ1) is 15.1. The predicted molar refractivity (Wildman–Crippen MR) is 85.0 cm³/mol. The molecule has 0 fully saturated rings. The molecule has 0 bridgehead atoms. The summed E-state index contributed by atoms with van der Waals surface area (Å²) in [4.78, 5) is 10.9. The molecule has 2 aromatic rings. The first-order chi connectivity index (χ1) is 10.0. The van der Waals surface area contributed by atoms with E-state index in [9.17, 15) is 0 Å². The quantitative estimate of drug-likeness (QED) is 0.650. The maximum atomic E-state index is 5.49. The summed E-state index contributed by atoms with van der Waals surface area (Å²) >= 11 is 0. The Hall–Kier alpha value is -2.34. The van der Waals surface area contributed by atoms with Crippen LogP contribution in [0.2, 0.25) is 0 Å². The number of hydrogen-bond donors (Lipinski definition) is 2. The summed E-state index contributed by atoms with van der Waals surface area (Å²) in [6.07, 6.45) is 0. The van der Waals surface area contributed by atoms with Crippen LogP contribution >= 0.6 is 0 Å². The Morgan fingerprint density at radius 3 is 2.38 bits per heavy atom. The first-order valence-corrected chi connectivity index (χ1v) is 6.78. The van der Waals surface area contributed by atoms with Gasteiger partial charge in [0.2, 0.25) is 0 Å². The molecular formula is C15H21N5O. The molecule has 112 valence electrons. The number of anilines is 3. The number of nitrogen functional groups attached to an aromatic ring is 1. The Morgan fingerprint density at radius 1 is 1.19 bits per heavy atom. The zero-order chi connectivity index (χ0) is 15.4. The summed E-state index contributed by atoms with van der Waals surface area (Å²) in [6, 6.07) is 9.60. The van der Waals surface area contributed by atoms with Gasteiger partial charge in [-0.15, -0.1) is 0 Å². The average Bonchev–Trinajstić information content (AvgIpc) is 2.53. The fourth-order valence-electron chi connectivity index (χ4n) is 1.89. The first-order valence-electron chi connectivity index (χ1n) is 6.78. The van der Waals surface area contributed by atoms with E-state index in [-0.39, 0.29) is 5.92 Å². The van der Waals surface area contributed by atoms with E-state index in [4.69, 9.17) is 10.6 Å². The highest BCUT2D eigenvalue weighted by molar-refractivity contribution is 5.62. The van der Waals surface area contributed by atoms with Crippen LogP contribution in [0.5, 0.6) is 5.75 Å². The van der Waals surface area contributed by atoms with E-state index in [1.807, 2.05) is 56.1 Å². The number of benzene rings is 1. The lowest BCUT2D eigenvalue weighted by molar-refractivity contribution is 0.415. The van der Waals surface area contributed by atoms with Crippen molar-refractivity contribution in [2.75, 3.05) is 24.5 Å². The van der Waals surface area contributed by atoms with Gasteiger partial charge in [0.05, 0.1) is 7.11 Å². The standard InChI is InChI=1S/C15H21N5O/c1-10(2)15-17-13(19-16)9-14(18-15)20(3)11-5-7-12(21-4)8-6-11/h5-10H,16H2,1-4H3,(H,17,18,19). The molecular weight excluding hydrogens is 266 g/mol. The summed E-state index contributed by atoms with van der Waals surface area (Å²) in [5.41, 5.74) is 3.60. The Labute approximate surface area is 124 Å². The highest BCUT2D eigenvalue weighted by Gasteiger charge is 2.12. The van der Waals surface area contributed by atoms with Gasteiger partial charge in [-0.05, 0) is 24.3 Å². The Morgan fingerprint density at radius 2 is 1.86 bits per heavy atom. The van der Waals surface area contributed by atoms with Crippen LogP contribution < -0.4 is 20.9 Å². The SMILES string of the molecule is COc1ccc(N(C)c2cc(NN)nc(C(C)C)n2)cc1. The van der Waals surface area contributed by atoms with Gasteiger partial charge in [0.25, 0.3) is 0 Å². The summed E-state index contributed by atoms with van der Waals surface area (Å²) in [6.45, 7) is 4.10. The minimum Gasteiger partial charge on any atom is -0.497 e. The molecule has 1 aromatic heterocycles. The molecule has 0 aliphatic carbocycles.